The van der Waals surface area contributed by atoms with E-state index in [0.717, 1.165) is 5.76 Å². The largest absolute Gasteiger partial charge is 0.472 e. The summed E-state index contributed by atoms with van der Waals surface area (Å²) in [6.45, 7) is 6.15. The summed E-state index contributed by atoms with van der Waals surface area (Å²) in [5, 5.41) is 3.75. The first-order valence-electron chi connectivity index (χ1n) is 5.18. The van der Waals surface area contributed by atoms with Gasteiger partial charge in [-0.05, 0) is 18.0 Å². The van der Waals surface area contributed by atoms with Crippen molar-refractivity contribution >= 4 is 0 Å². The maximum Gasteiger partial charge on any atom is 0.254 e. The average molecular weight is 213 g/mol. The second kappa shape index (κ2) is 3.22. The molecular weight excluding hydrogens is 197 g/mol. The zero-order valence-corrected chi connectivity index (χ0v) is 9.34. The van der Waals surface area contributed by atoms with Crippen molar-refractivity contribution in [3.8, 4) is 5.88 Å². The van der Waals surface area contributed by atoms with E-state index < -0.39 is 5.67 Å². The summed E-state index contributed by atoms with van der Waals surface area (Å²) in [5.41, 5.74) is -1.21. The summed E-state index contributed by atoms with van der Waals surface area (Å²) in [4.78, 5) is 0. The van der Waals surface area contributed by atoms with Crippen molar-refractivity contribution < 1.29 is 13.7 Å². The number of alkyl halides is 1. The summed E-state index contributed by atoms with van der Waals surface area (Å²) in [5.74, 6) is 1.13. The van der Waals surface area contributed by atoms with Crippen LogP contribution in [0.1, 0.15) is 39.4 Å². The number of aromatic nitrogens is 1. The number of nitrogens with zero attached hydrogens (tertiary/aromatic N) is 1. The number of hydrogen-bond acceptors (Lipinski definition) is 3. The third-order valence-electron chi connectivity index (χ3n) is 2.50. The molecule has 0 saturated heterocycles. The lowest BCUT2D eigenvalue weighted by atomic mass is 9.94. The molecule has 15 heavy (non-hydrogen) atoms. The molecular formula is C11H16FNO2. The van der Waals surface area contributed by atoms with Gasteiger partial charge in [0.05, 0.1) is 0 Å². The maximum absolute atomic E-state index is 13.2. The molecule has 4 heteroatoms. The molecule has 1 aromatic rings. The predicted molar refractivity (Wildman–Crippen MR) is 53.8 cm³/mol. The molecule has 0 unspecified atom stereocenters. The highest BCUT2D eigenvalue weighted by molar-refractivity contribution is 5.17. The topological polar surface area (TPSA) is 35.3 Å². The molecule has 1 aliphatic rings. The summed E-state index contributed by atoms with van der Waals surface area (Å²) in [7, 11) is 0. The lowest BCUT2D eigenvalue weighted by Crippen LogP contribution is -2.13. The molecule has 2 rings (SSSR count). The Morgan fingerprint density at radius 2 is 2.20 bits per heavy atom. The van der Waals surface area contributed by atoms with Gasteiger partial charge in [0.2, 0.25) is 0 Å². The fourth-order valence-corrected chi connectivity index (χ4v) is 1.16. The van der Waals surface area contributed by atoms with Crippen LogP contribution in [0.3, 0.4) is 0 Å². The molecule has 1 saturated carbocycles. The van der Waals surface area contributed by atoms with Gasteiger partial charge in [0.1, 0.15) is 18.0 Å². The van der Waals surface area contributed by atoms with E-state index in [0.29, 0.717) is 18.7 Å². The van der Waals surface area contributed by atoms with Gasteiger partial charge >= 0.3 is 0 Å². The third-order valence-corrected chi connectivity index (χ3v) is 2.50. The molecule has 3 nitrogen and oxygen atoms in total. The van der Waals surface area contributed by atoms with Crippen molar-refractivity contribution in [1.29, 1.82) is 0 Å². The predicted octanol–water partition coefficient (Wildman–Crippen LogP) is 2.85. The van der Waals surface area contributed by atoms with Crippen molar-refractivity contribution in [2.45, 2.75) is 44.7 Å². The molecule has 0 spiro atoms. The number of rotatable bonds is 3. The van der Waals surface area contributed by atoms with Gasteiger partial charge in [0.15, 0.2) is 0 Å². The number of hydrogen-bond donors (Lipinski definition) is 0. The monoisotopic (exact) mass is 213 g/mol. The van der Waals surface area contributed by atoms with Gasteiger partial charge in [-0.3, -0.25) is 0 Å². The SMILES string of the molecule is CC(C)(C)c1cc(OCC2(F)CC2)no1. The summed E-state index contributed by atoms with van der Waals surface area (Å²) < 4.78 is 23.6. The van der Waals surface area contributed by atoms with Gasteiger partial charge in [0.25, 0.3) is 5.88 Å². The highest BCUT2D eigenvalue weighted by Crippen LogP contribution is 2.40. The molecule has 0 radical (unpaired) electrons. The van der Waals surface area contributed by atoms with Gasteiger partial charge in [-0.15, -0.1) is 0 Å². The minimum Gasteiger partial charge on any atom is -0.472 e. The Hall–Kier alpha value is -1.06. The summed E-state index contributed by atoms with van der Waals surface area (Å²) in [6, 6.07) is 1.73. The van der Waals surface area contributed by atoms with Gasteiger partial charge in [0, 0.05) is 11.5 Å². The van der Waals surface area contributed by atoms with Crippen LogP contribution in [0.4, 0.5) is 4.39 Å². The van der Waals surface area contributed by atoms with Crippen LogP contribution in [-0.2, 0) is 5.41 Å². The minimum atomic E-state index is -1.11. The van der Waals surface area contributed by atoms with Crippen LogP contribution in [0.2, 0.25) is 0 Å². The van der Waals surface area contributed by atoms with Crippen LogP contribution in [0.15, 0.2) is 10.6 Å². The molecule has 1 fully saturated rings. The van der Waals surface area contributed by atoms with E-state index in [2.05, 4.69) is 5.16 Å². The molecule has 0 bridgehead atoms. The van der Waals surface area contributed by atoms with Gasteiger partial charge < -0.3 is 9.26 Å². The first kappa shape index (κ1) is 10.5. The Kier molecular flexibility index (Phi) is 2.24. The van der Waals surface area contributed by atoms with Crippen LogP contribution >= 0.6 is 0 Å². The molecule has 0 aliphatic heterocycles. The fourth-order valence-electron chi connectivity index (χ4n) is 1.16. The Morgan fingerprint density at radius 1 is 1.53 bits per heavy atom. The van der Waals surface area contributed by atoms with Crippen molar-refractivity contribution in [2.75, 3.05) is 6.61 Å². The smallest absolute Gasteiger partial charge is 0.254 e. The molecule has 0 amide bonds. The standard InChI is InChI=1S/C11H16FNO2/c1-10(2,3)8-6-9(13-15-8)14-7-11(12)4-5-11/h6H,4-5,7H2,1-3H3. The second-order valence-electron chi connectivity index (χ2n) is 5.22. The first-order chi connectivity index (χ1) is 6.89. The maximum atomic E-state index is 13.2. The number of halogens is 1. The second-order valence-corrected chi connectivity index (χ2v) is 5.22. The molecule has 1 aromatic heterocycles. The molecule has 0 N–H and O–H groups in total. The van der Waals surface area contributed by atoms with Crippen molar-refractivity contribution in [1.82, 2.24) is 5.16 Å². The van der Waals surface area contributed by atoms with E-state index in [1.807, 2.05) is 20.8 Å². The Bertz CT molecular complexity index is 350. The van der Waals surface area contributed by atoms with E-state index in [1.54, 1.807) is 6.07 Å². The molecule has 1 heterocycles. The number of ether oxygens (including phenoxy) is 1. The van der Waals surface area contributed by atoms with Crippen molar-refractivity contribution in [2.24, 2.45) is 0 Å². The Balaban J connectivity index is 1.95. The van der Waals surface area contributed by atoms with Crippen LogP contribution < -0.4 is 4.74 Å². The lowest BCUT2D eigenvalue weighted by Gasteiger charge is -2.11. The van der Waals surface area contributed by atoms with Gasteiger partial charge in [-0.1, -0.05) is 20.8 Å². The zero-order chi connectivity index (χ0) is 11.1. The lowest BCUT2D eigenvalue weighted by molar-refractivity contribution is 0.166. The van der Waals surface area contributed by atoms with Crippen LogP contribution in [0.25, 0.3) is 0 Å². The quantitative estimate of drug-likeness (QED) is 0.774. The fraction of sp³-hybridized carbons (Fsp3) is 0.727. The van der Waals surface area contributed by atoms with E-state index in [1.165, 1.54) is 0 Å². The normalized spacial score (nSPS) is 18.9. The van der Waals surface area contributed by atoms with Gasteiger partial charge in [-0.25, -0.2) is 4.39 Å². The van der Waals surface area contributed by atoms with Crippen LogP contribution in [-0.4, -0.2) is 17.4 Å². The molecule has 84 valence electrons. The van der Waals surface area contributed by atoms with Crippen LogP contribution in [0, 0.1) is 0 Å². The van der Waals surface area contributed by atoms with Gasteiger partial charge in [-0.2, -0.15) is 0 Å². The van der Waals surface area contributed by atoms with Crippen molar-refractivity contribution in [3.63, 3.8) is 0 Å². The third kappa shape index (κ3) is 2.49. The highest BCUT2D eigenvalue weighted by Gasteiger charge is 2.44. The van der Waals surface area contributed by atoms with Crippen LogP contribution in [0.5, 0.6) is 5.88 Å². The minimum absolute atomic E-state index is 0.0864. The Labute approximate surface area is 88.6 Å². The van der Waals surface area contributed by atoms with E-state index in [4.69, 9.17) is 9.26 Å². The van der Waals surface area contributed by atoms with E-state index in [-0.39, 0.29) is 12.0 Å². The molecule has 0 aromatic carbocycles. The van der Waals surface area contributed by atoms with Crippen molar-refractivity contribution in [3.05, 3.63) is 11.8 Å². The molecule has 1 aliphatic carbocycles. The highest BCUT2D eigenvalue weighted by atomic mass is 19.1. The van der Waals surface area contributed by atoms with E-state index in [9.17, 15) is 4.39 Å². The summed E-state index contributed by atoms with van der Waals surface area (Å²) >= 11 is 0. The summed E-state index contributed by atoms with van der Waals surface area (Å²) in [6.07, 6.45) is 1.19. The molecule has 0 atom stereocenters. The zero-order valence-electron chi connectivity index (χ0n) is 9.34. The average Bonchev–Trinajstić information content (AvgIpc) is 2.66. The first-order valence-corrected chi connectivity index (χ1v) is 5.18. The van der Waals surface area contributed by atoms with E-state index >= 15 is 0 Å². The Morgan fingerprint density at radius 3 is 2.67 bits per heavy atom.